The van der Waals surface area contributed by atoms with E-state index in [0.29, 0.717) is 5.41 Å². The van der Waals surface area contributed by atoms with E-state index in [1.54, 1.807) is 0 Å². The smallest absolute Gasteiger partial charge is 0.161 e. The molecule has 0 radical (unpaired) electrons. The normalized spacial score (nSPS) is 22.3. The first kappa shape index (κ1) is 31.6. The number of likely N-dealkylation sites (tertiary alicyclic amines) is 1. The molecule has 4 aromatic heterocycles. The van der Waals surface area contributed by atoms with Gasteiger partial charge in [-0.3, -0.25) is 0 Å². The molecule has 0 amide bonds. The lowest BCUT2D eigenvalue weighted by Gasteiger charge is -2.55. The highest BCUT2D eigenvalue weighted by Gasteiger charge is 2.48. The Bertz CT molecular complexity index is 2180. The van der Waals surface area contributed by atoms with E-state index in [0.717, 1.165) is 158 Å². The molecule has 12 nitrogen and oxygen atoms in total. The van der Waals surface area contributed by atoms with E-state index in [2.05, 4.69) is 58.3 Å². The molecule has 0 bridgehead atoms. The Balaban J connectivity index is 0.954. The summed E-state index contributed by atoms with van der Waals surface area (Å²) in [4.78, 5) is 14.5. The number of rotatable bonds is 7. The number of pyridine rings is 2. The van der Waals surface area contributed by atoms with E-state index >= 15 is 0 Å². The molecule has 0 saturated carbocycles. The standard InChI is InChI=1S/C41H42N8O4/c1-3-17-51-37(5-1)48-39-31(21-44-48)29(11-13-42-39)27-7-9-33-35(19-27)53-36-20-28(8-10-34(36)47(33)16-15-46-23-41(24-46)25-50-26-41)30-12-14-43-40-32(30)22-45-49(40)38-6-2-4-18-52-38/h7-14,19-22,37-38H,1-6,15-18,23-26H2. The number of hydrogen-bond acceptors (Lipinski definition) is 10. The molecule has 1 spiro atoms. The molecular formula is C41H42N8O4. The van der Waals surface area contributed by atoms with Crippen molar-refractivity contribution >= 4 is 33.4 Å². The maximum Gasteiger partial charge on any atom is 0.161 e. The van der Waals surface area contributed by atoms with E-state index in [4.69, 9.17) is 39.1 Å². The first-order chi connectivity index (χ1) is 26.2. The zero-order chi connectivity index (χ0) is 34.9. The Labute approximate surface area is 307 Å². The van der Waals surface area contributed by atoms with Crippen LogP contribution >= 0.6 is 0 Å². The van der Waals surface area contributed by atoms with Crippen molar-refractivity contribution in [3.63, 3.8) is 0 Å². The highest BCUT2D eigenvalue weighted by Crippen LogP contribution is 2.50. The molecule has 0 aliphatic carbocycles. The molecule has 4 saturated heterocycles. The number of ether oxygens (including phenoxy) is 4. The molecule has 6 aromatic rings. The van der Waals surface area contributed by atoms with Crippen LogP contribution in [0.3, 0.4) is 0 Å². The summed E-state index contributed by atoms with van der Waals surface area (Å²) in [7, 11) is 0. The van der Waals surface area contributed by atoms with Gasteiger partial charge in [-0.25, -0.2) is 19.3 Å². The fraction of sp³-hybridized carbons (Fsp3) is 0.415. The number of benzene rings is 2. The third-order valence-electron chi connectivity index (χ3n) is 11.8. The van der Waals surface area contributed by atoms with Crippen molar-refractivity contribution in [2.45, 2.75) is 51.0 Å². The number of aromatic nitrogens is 6. The predicted molar refractivity (Wildman–Crippen MR) is 200 cm³/mol. The minimum Gasteiger partial charge on any atom is -0.453 e. The molecule has 4 fully saturated rings. The van der Waals surface area contributed by atoms with E-state index < -0.39 is 0 Å². The Morgan fingerprint density at radius 3 is 1.72 bits per heavy atom. The molecular weight excluding hydrogens is 669 g/mol. The molecule has 270 valence electrons. The van der Waals surface area contributed by atoms with Crippen LogP contribution in [-0.4, -0.2) is 87.0 Å². The SMILES string of the molecule is c1cc(-c2ccc3c(c2)Oc2cc(-c4ccnc5c4cnn5C4CCCCO4)ccc2N3CCN2CC3(COC3)C2)c2cnn(C3CCCCO3)c2n1. The fourth-order valence-electron chi connectivity index (χ4n) is 8.99. The number of fused-ring (bicyclic) bond motifs is 4. The van der Waals surface area contributed by atoms with Gasteiger partial charge in [0.1, 0.15) is 0 Å². The average molecular weight is 711 g/mol. The van der Waals surface area contributed by atoms with Crippen molar-refractivity contribution < 1.29 is 18.9 Å². The van der Waals surface area contributed by atoms with E-state index in [1.165, 1.54) is 0 Å². The lowest BCUT2D eigenvalue weighted by molar-refractivity contribution is -0.187. The second-order valence-corrected chi connectivity index (χ2v) is 15.3. The van der Waals surface area contributed by atoms with Crippen LogP contribution < -0.4 is 9.64 Å². The minimum atomic E-state index is -0.0789. The van der Waals surface area contributed by atoms with Crippen molar-refractivity contribution in [3.05, 3.63) is 73.3 Å². The Hall–Kier alpha value is -4.88. The van der Waals surface area contributed by atoms with Crippen LogP contribution in [0.5, 0.6) is 11.5 Å². The largest absolute Gasteiger partial charge is 0.453 e. The summed E-state index contributed by atoms with van der Waals surface area (Å²) in [5, 5.41) is 11.5. The molecule has 11 rings (SSSR count). The zero-order valence-electron chi connectivity index (χ0n) is 29.7. The molecule has 2 atom stereocenters. The van der Waals surface area contributed by atoms with Crippen molar-refractivity contribution in [2.24, 2.45) is 5.41 Å². The average Bonchev–Trinajstić information content (AvgIpc) is 3.82. The molecule has 2 unspecified atom stereocenters. The Kier molecular flexibility index (Phi) is 7.53. The number of nitrogens with zero attached hydrogens (tertiary/aromatic N) is 8. The first-order valence-corrected chi connectivity index (χ1v) is 19.1. The van der Waals surface area contributed by atoms with Crippen molar-refractivity contribution in [1.82, 2.24) is 34.4 Å². The maximum absolute atomic E-state index is 6.88. The van der Waals surface area contributed by atoms with Gasteiger partial charge in [-0.1, -0.05) is 12.1 Å². The lowest BCUT2D eigenvalue weighted by Crippen LogP contribution is -2.66. The molecule has 0 N–H and O–H groups in total. The monoisotopic (exact) mass is 710 g/mol. The van der Waals surface area contributed by atoms with Crippen molar-refractivity contribution in [3.8, 4) is 33.8 Å². The van der Waals surface area contributed by atoms with E-state index in [9.17, 15) is 0 Å². The summed E-state index contributed by atoms with van der Waals surface area (Å²) in [6, 6.07) is 17.3. The predicted octanol–water partition coefficient (Wildman–Crippen LogP) is 7.48. The maximum atomic E-state index is 6.88. The van der Waals surface area contributed by atoms with Crippen LogP contribution in [0.25, 0.3) is 44.3 Å². The van der Waals surface area contributed by atoms with E-state index in [-0.39, 0.29) is 12.5 Å². The van der Waals surface area contributed by atoms with Crippen LogP contribution in [0.2, 0.25) is 0 Å². The third-order valence-corrected chi connectivity index (χ3v) is 11.8. The summed E-state index contributed by atoms with van der Waals surface area (Å²) >= 11 is 0. The molecule has 5 aliphatic rings. The second kappa shape index (κ2) is 12.6. The van der Waals surface area contributed by atoms with Gasteiger partial charge in [0.15, 0.2) is 35.2 Å². The van der Waals surface area contributed by atoms with Gasteiger partial charge < -0.3 is 28.7 Å². The van der Waals surface area contributed by atoms with Gasteiger partial charge in [0, 0.05) is 68.0 Å². The van der Waals surface area contributed by atoms with Crippen LogP contribution in [0.1, 0.15) is 51.0 Å². The van der Waals surface area contributed by atoms with Gasteiger partial charge in [0.05, 0.1) is 37.0 Å². The summed E-state index contributed by atoms with van der Waals surface area (Å²) in [5.74, 6) is 1.66. The second-order valence-electron chi connectivity index (χ2n) is 15.3. The Morgan fingerprint density at radius 2 is 1.23 bits per heavy atom. The zero-order valence-corrected chi connectivity index (χ0v) is 29.7. The van der Waals surface area contributed by atoms with Crippen molar-refractivity contribution in [1.29, 1.82) is 0 Å². The minimum absolute atomic E-state index is 0.0789. The molecule has 53 heavy (non-hydrogen) atoms. The van der Waals surface area contributed by atoms with E-state index in [1.807, 2.05) is 34.2 Å². The van der Waals surface area contributed by atoms with Crippen LogP contribution in [0, 0.1) is 5.41 Å². The summed E-state index contributed by atoms with van der Waals surface area (Å²) in [6.07, 6.45) is 13.8. The molecule has 12 heteroatoms. The summed E-state index contributed by atoms with van der Waals surface area (Å²) < 4.78 is 28.5. The molecule has 5 aliphatic heterocycles. The van der Waals surface area contributed by atoms with Gasteiger partial charge in [0.25, 0.3) is 0 Å². The Morgan fingerprint density at radius 1 is 0.660 bits per heavy atom. The third kappa shape index (κ3) is 5.33. The highest BCUT2D eigenvalue weighted by atomic mass is 16.5. The van der Waals surface area contributed by atoms with Crippen molar-refractivity contribution in [2.75, 3.05) is 57.5 Å². The quantitative estimate of drug-likeness (QED) is 0.166. The number of anilines is 2. The summed E-state index contributed by atoms with van der Waals surface area (Å²) in [6.45, 7) is 7.31. The van der Waals surface area contributed by atoms with Crippen LogP contribution in [0.4, 0.5) is 11.4 Å². The summed E-state index contributed by atoms with van der Waals surface area (Å²) in [5.41, 5.74) is 8.45. The molecule has 2 aromatic carbocycles. The lowest BCUT2D eigenvalue weighted by atomic mass is 9.78. The van der Waals surface area contributed by atoms with Gasteiger partial charge in [-0.05, 0) is 97.2 Å². The van der Waals surface area contributed by atoms with Gasteiger partial charge in [0.2, 0.25) is 0 Å². The highest BCUT2D eigenvalue weighted by molar-refractivity contribution is 5.95. The topological polar surface area (TPSA) is 105 Å². The first-order valence-electron chi connectivity index (χ1n) is 19.1. The van der Waals surface area contributed by atoms with Gasteiger partial charge in [-0.15, -0.1) is 0 Å². The van der Waals surface area contributed by atoms with Gasteiger partial charge in [-0.2, -0.15) is 10.2 Å². The van der Waals surface area contributed by atoms with Gasteiger partial charge >= 0.3 is 0 Å². The van der Waals surface area contributed by atoms with Crippen LogP contribution in [-0.2, 0) is 14.2 Å². The number of hydrogen-bond donors (Lipinski definition) is 0. The van der Waals surface area contributed by atoms with Crippen LogP contribution in [0.15, 0.2) is 73.3 Å². The fourth-order valence-corrected chi connectivity index (χ4v) is 8.99. The molecule has 9 heterocycles.